The molecular formula is C20H19N4OS+. The first-order chi connectivity index (χ1) is 12.8. The minimum Gasteiger partial charge on any atom is -0.492 e. The Kier molecular flexibility index (Phi) is 3.72. The number of aromatic hydroxyl groups is 1. The Labute approximate surface area is 155 Å². The fraction of sp³-hybridized carbons (Fsp3) is 0.200. The van der Waals surface area contributed by atoms with Crippen molar-refractivity contribution in [2.75, 3.05) is 6.54 Å². The zero-order valence-corrected chi connectivity index (χ0v) is 15.0. The Morgan fingerprint density at radius 2 is 1.81 bits per heavy atom. The highest BCUT2D eigenvalue weighted by atomic mass is 32.1. The molecule has 1 aliphatic heterocycles. The van der Waals surface area contributed by atoms with E-state index >= 15 is 0 Å². The molecule has 26 heavy (non-hydrogen) atoms. The van der Waals surface area contributed by atoms with Crippen molar-refractivity contribution in [3.05, 3.63) is 82.5 Å². The van der Waals surface area contributed by atoms with E-state index in [4.69, 9.17) is 0 Å². The van der Waals surface area contributed by atoms with E-state index in [1.165, 1.54) is 43.8 Å². The number of thiazole rings is 1. The summed E-state index contributed by atoms with van der Waals surface area (Å²) in [5.41, 5.74) is 4.05. The number of benzene rings is 2. The summed E-state index contributed by atoms with van der Waals surface area (Å²) in [6, 6.07) is 19.2. The van der Waals surface area contributed by atoms with E-state index in [0.29, 0.717) is 0 Å². The number of rotatable bonds is 3. The van der Waals surface area contributed by atoms with Crippen LogP contribution in [0.15, 0.2) is 60.9 Å². The number of nitrogens with zero attached hydrogens (tertiary/aromatic N) is 3. The van der Waals surface area contributed by atoms with Gasteiger partial charge in [-0.1, -0.05) is 65.9 Å². The van der Waals surface area contributed by atoms with E-state index in [0.717, 1.165) is 29.3 Å². The molecule has 0 fully saturated rings. The molecule has 5 rings (SSSR count). The Morgan fingerprint density at radius 3 is 2.62 bits per heavy atom. The molecule has 130 valence electrons. The van der Waals surface area contributed by atoms with E-state index in [9.17, 15) is 5.11 Å². The maximum Gasteiger partial charge on any atom is 0.235 e. The first kappa shape index (κ1) is 15.5. The van der Waals surface area contributed by atoms with Crippen LogP contribution in [0.3, 0.4) is 0 Å². The normalized spacial score (nSPS) is 17.9. The van der Waals surface area contributed by atoms with Gasteiger partial charge in [-0.05, 0) is 5.56 Å². The highest BCUT2D eigenvalue weighted by Gasteiger charge is 2.34. The molecule has 0 spiro atoms. The molecule has 5 nitrogen and oxygen atoms in total. The number of nitrogens with one attached hydrogen (secondary N) is 1. The molecule has 1 aliphatic rings. The Bertz CT molecular complexity index is 1060. The van der Waals surface area contributed by atoms with Gasteiger partial charge in [0, 0.05) is 17.5 Å². The van der Waals surface area contributed by atoms with Crippen LogP contribution in [-0.2, 0) is 13.0 Å². The summed E-state index contributed by atoms with van der Waals surface area (Å²) in [7, 11) is 0. The molecule has 0 amide bonds. The molecule has 0 saturated carbocycles. The molecule has 0 aliphatic carbocycles. The van der Waals surface area contributed by atoms with Gasteiger partial charge in [0.25, 0.3) is 0 Å². The summed E-state index contributed by atoms with van der Waals surface area (Å²) < 4.78 is 1.53. The zero-order valence-electron chi connectivity index (χ0n) is 14.2. The second-order valence-corrected chi connectivity index (χ2v) is 7.70. The van der Waals surface area contributed by atoms with Gasteiger partial charge in [0.1, 0.15) is 17.7 Å². The van der Waals surface area contributed by atoms with Crippen molar-refractivity contribution in [2.45, 2.75) is 19.0 Å². The zero-order chi connectivity index (χ0) is 17.5. The molecule has 0 bridgehead atoms. The Morgan fingerprint density at radius 1 is 1.04 bits per heavy atom. The third-order valence-corrected chi connectivity index (χ3v) is 6.29. The lowest BCUT2D eigenvalue weighted by Crippen LogP contribution is -3.12. The van der Waals surface area contributed by atoms with Crippen LogP contribution in [0.4, 0.5) is 0 Å². The predicted octanol–water partition coefficient (Wildman–Crippen LogP) is 2.23. The standard InChI is InChI=1S/C20H18N4OS/c25-19-18(26-20-21-13-22-24(19)20)17(15-7-2-1-3-8-15)23-11-10-14-6-4-5-9-16(14)12-23/h1-9,13,17,25H,10-12H2/p+1/t17-/m1/s1. The quantitative estimate of drug-likeness (QED) is 0.587. The summed E-state index contributed by atoms with van der Waals surface area (Å²) in [6.07, 6.45) is 2.53. The van der Waals surface area contributed by atoms with Crippen molar-refractivity contribution < 1.29 is 10.0 Å². The Balaban J connectivity index is 1.61. The molecule has 6 heteroatoms. The van der Waals surface area contributed by atoms with Crippen molar-refractivity contribution in [2.24, 2.45) is 0 Å². The summed E-state index contributed by atoms with van der Waals surface area (Å²) in [4.78, 5) is 7.36. The fourth-order valence-electron chi connectivity index (χ4n) is 3.95. The van der Waals surface area contributed by atoms with E-state index in [-0.39, 0.29) is 11.9 Å². The molecule has 4 aromatic rings. The van der Waals surface area contributed by atoms with Crippen LogP contribution in [0.2, 0.25) is 0 Å². The van der Waals surface area contributed by atoms with Crippen LogP contribution in [0, 0.1) is 0 Å². The van der Waals surface area contributed by atoms with Gasteiger partial charge in [0.05, 0.1) is 6.54 Å². The van der Waals surface area contributed by atoms with Crippen molar-refractivity contribution >= 4 is 16.3 Å². The molecular weight excluding hydrogens is 344 g/mol. The number of hydrogen-bond acceptors (Lipinski definition) is 4. The van der Waals surface area contributed by atoms with Crippen molar-refractivity contribution in [1.82, 2.24) is 14.6 Å². The topological polar surface area (TPSA) is 54.9 Å². The molecule has 1 unspecified atom stereocenters. The van der Waals surface area contributed by atoms with Crippen LogP contribution >= 0.6 is 11.3 Å². The molecule has 3 heterocycles. The molecule has 2 aromatic heterocycles. The molecule has 0 radical (unpaired) electrons. The van der Waals surface area contributed by atoms with Gasteiger partial charge >= 0.3 is 0 Å². The summed E-state index contributed by atoms with van der Waals surface area (Å²) in [6.45, 7) is 1.98. The molecule has 0 saturated heterocycles. The monoisotopic (exact) mass is 363 g/mol. The van der Waals surface area contributed by atoms with E-state index < -0.39 is 0 Å². The lowest BCUT2D eigenvalue weighted by molar-refractivity contribution is -0.940. The van der Waals surface area contributed by atoms with Gasteiger partial charge in [0.15, 0.2) is 6.04 Å². The third-order valence-electron chi connectivity index (χ3n) is 5.19. The summed E-state index contributed by atoms with van der Waals surface area (Å²) in [5, 5.41) is 14.9. The molecule has 2 aromatic carbocycles. The highest BCUT2D eigenvalue weighted by Crippen LogP contribution is 2.35. The first-order valence-corrected chi connectivity index (χ1v) is 9.60. The Hall–Kier alpha value is -2.70. The summed E-state index contributed by atoms with van der Waals surface area (Å²) >= 11 is 1.53. The largest absolute Gasteiger partial charge is 0.492 e. The van der Waals surface area contributed by atoms with Crippen LogP contribution in [0.5, 0.6) is 5.88 Å². The van der Waals surface area contributed by atoms with E-state index in [1.54, 1.807) is 0 Å². The second-order valence-electron chi connectivity index (χ2n) is 6.69. The van der Waals surface area contributed by atoms with Crippen LogP contribution in [0.1, 0.15) is 27.6 Å². The van der Waals surface area contributed by atoms with Crippen molar-refractivity contribution in [1.29, 1.82) is 0 Å². The second kappa shape index (κ2) is 6.23. The number of aromatic nitrogens is 3. The van der Waals surface area contributed by atoms with Crippen LogP contribution < -0.4 is 4.90 Å². The van der Waals surface area contributed by atoms with Crippen LogP contribution in [0.25, 0.3) is 4.96 Å². The lowest BCUT2D eigenvalue weighted by Gasteiger charge is -2.32. The SMILES string of the molecule is Oc1c([C@@H](c2ccccc2)[NH+]2CCc3ccccc3C2)sc2ncnn12. The number of hydrogen-bond donors (Lipinski definition) is 2. The van der Waals surface area contributed by atoms with Gasteiger partial charge in [-0.25, -0.2) is 4.98 Å². The molecule has 2 N–H and O–H groups in total. The number of fused-ring (bicyclic) bond motifs is 2. The maximum atomic E-state index is 10.8. The highest BCUT2D eigenvalue weighted by molar-refractivity contribution is 7.17. The first-order valence-electron chi connectivity index (χ1n) is 8.79. The lowest BCUT2D eigenvalue weighted by atomic mass is 9.96. The van der Waals surface area contributed by atoms with Gasteiger partial charge < -0.3 is 10.0 Å². The fourth-order valence-corrected chi connectivity index (χ4v) is 5.06. The van der Waals surface area contributed by atoms with E-state index in [2.05, 4.69) is 58.6 Å². The van der Waals surface area contributed by atoms with Crippen LogP contribution in [-0.4, -0.2) is 26.2 Å². The third kappa shape index (κ3) is 2.50. The van der Waals surface area contributed by atoms with Gasteiger partial charge in [-0.15, -0.1) is 0 Å². The van der Waals surface area contributed by atoms with Gasteiger partial charge in [0.2, 0.25) is 10.8 Å². The minimum absolute atomic E-state index is 0.0676. The average molecular weight is 363 g/mol. The minimum atomic E-state index is 0.0676. The molecule has 2 atom stereocenters. The van der Waals surface area contributed by atoms with E-state index in [1.807, 2.05) is 6.07 Å². The van der Waals surface area contributed by atoms with Gasteiger partial charge in [-0.3, -0.25) is 0 Å². The van der Waals surface area contributed by atoms with Gasteiger partial charge in [-0.2, -0.15) is 9.61 Å². The van der Waals surface area contributed by atoms with Crippen molar-refractivity contribution in [3.63, 3.8) is 0 Å². The number of quaternary nitrogens is 1. The van der Waals surface area contributed by atoms with Crippen molar-refractivity contribution in [3.8, 4) is 5.88 Å². The average Bonchev–Trinajstić information content (AvgIpc) is 3.27. The predicted molar refractivity (Wildman–Crippen MR) is 100 cm³/mol. The maximum absolute atomic E-state index is 10.8. The summed E-state index contributed by atoms with van der Waals surface area (Å²) in [5.74, 6) is 0.211. The smallest absolute Gasteiger partial charge is 0.235 e.